The molecule has 0 aliphatic carbocycles. The highest BCUT2D eigenvalue weighted by atomic mass is 32.2. The van der Waals surface area contributed by atoms with Crippen LogP contribution in [0.2, 0.25) is 0 Å². The molecule has 0 aromatic heterocycles. The first-order valence-electron chi connectivity index (χ1n) is 7.99. The van der Waals surface area contributed by atoms with Gasteiger partial charge in [-0.05, 0) is 36.4 Å². The monoisotopic (exact) mass is 308 g/mol. The van der Waals surface area contributed by atoms with Crippen LogP contribution in [0.25, 0.3) is 0 Å². The number of hydrogen-bond donors (Lipinski definition) is 1. The molecule has 1 saturated heterocycles. The molecular weight excluding hydrogens is 280 g/mol. The van der Waals surface area contributed by atoms with Crippen LogP contribution in [0.15, 0.2) is 24.3 Å². The Morgan fingerprint density at radius 2 is 2.19 bits per heavy atom. The Morgan fingerprint density at radius 3 is 3.05 bits per heavy atom. The van der Waals surface area contributed by atoms with E-state index in [2.05, 4.69) is 60.1 Å². The van der Waals surface area contributed by atoms with E-state index >= 15 is 0 Å². The Morgan fingerprint density at radius 1 is 1.29 bits per heavy atom. The van der Waals surface area contributed by atoms with Crippen LogP contribution >= 0.6 is 11.8 Å². The van der Waals surface area contributed by atoms with Crippen molar-refractivity contribution in [2.24, 2.45) is 0 Å². The summed E-state index contributed by atoms with van der Waals surface area (Å²) in [6.07, 6.45) is 1.31. The number of nitrogens with zero attached hydrogens (tertiary/aromatic N) is 1. The van der Waals surface area contributed by atoms with Crippen LogP contribution in [0.1, 0.15) is 25.8 Å². The topological polar surface area (TPSA) is 24.5 Å². The van der Waals surface area contributed by atoms with Crippen LogP contribution < -0.4 is 10.1 Å². The molecule has 0 spiro atoms. The van der Waals surface area contributed by atoms with Crippen LogP contribution in [0, 0.1) is 0 Å². The van der Waals surface area contributed by atoms with Crippen LogP contribution in [-0.4, -0.2) is 48.7 Å². The molecule has 1 aliphatic heterocycles. The average molecular weight is 308 g/mol. The van der Waals surface area contributed by atoms with Gasteiger partial charge >= 0.3 is 0 Å². The summed E-state index contributed by atoms with van der Waals surface area (Å²) < 4.78 is 5.92. The Hall–Kier alpha value is -0.710. The summed E-state index contributed by atoms with van der Waals surface area (Å²) in [5, 5.41) is 3.44. The van der Waals surface area contributed by atoms with Crippen molar-refractivity contribution >= 4 is 11.8 Å². The molecule has 0 saturated carbocycles. The van der Waals surface area contributed by atoms with Gasteiger partial charge in [0.15, 0.2) is 0 Å². The van der Waals surface area contributed by atoms with E-state index in [1.807, 2.05) is 0 Å². The van der Waals surface area contributed by atoms with E-state index in [9.17, 15) is 0 Å². The summed E-state index contributed by atoms with van der Waals surface area (Å²) >= 11 is 2.07. The minimum Gasteiger partial charge on any atom is -0.492 e. The van der Waals surface area contributed by atoms with Crippen molar-refractivity contribution in [1.29, 1.82) is 0 Å². The molecule has 1 aromatic rings. The summed E-state index contributed by atoms with van der Waals surface area (Å²) in [6, 6.07) is 8.93. The maximum Gasteiger partial charge on any atom is 0.119 e. The second kappa shape index (κ2) is 9.34. The molecule has 0 atom stereocenters. The lowest BCUT2D eigenvalue weighted by atomic mass is 10.2. The number of hydrogen-bond acceptors (Lipinski definition) is 4. The van der Waals surface area contributed by atoms with Crippen molar-refractivity contribution in [3.63, 3.8) is 0 Å². The van der Waals surface area contributed by atoms with Gasteiger partial charge in [-0.1, -0.05) is 26.0 Å². The summed E-state index contributed by atoms with van der Waals surface area (Å²) in [7, 11) is 0. The SMILES string of the molecule is CC(C)NCc1cccc(OCCN2CCCSCC2)c1. The molecule has 0 radical (unpaired) electrons. The highest BCUT2D eigenvalue weighted by Gasteiger charge is 2.08. The highest BCUT2D eigenvalue weighted by molar-refractivity contribution is 7.99. The highest BCUT2D eigenvalue weighted by Crippen LogP contribution is 2.14. The Kier molecular flexibility index (Phi) is 7.41. The molecule has 1 aliphatic rings. The quantitative estimate of drug-likeness (QED) is 0.837. The first-order valence-corrected chi connectivity index (χ1v) is 9.15. The maximum absolute atomic E-state index is 5.92. The molecule has 1 N–H and O–H groups in total. The van der Waals surface area contributed by atoms with Crippen LogP contribution in [-0.2, 0) is 6.54 Å². The Labute approximate surface area is 133 Å². The lowest BCUT2D eigenvalue weighted by Crippen LogP contribution is -2.30. The van der Waals surface area contributed by atoms with Gasteiger partial charge < -0.3 is 10.1 Å². The summed E-state index contributed by atoms with van der Waals surface area (Å²) in [4.78, 5) is 2.52. The number of benzene rings is 1. The van der Waals surface area contributed by atoms with Gasteiger partial charge in [-0.2, -0.15) is 11.8 Å². The van der Waals surface area contributed by atoms with E-state index in [0.29, 0.717) is 6.04 Å². The molecule has 1 aromatic carbocycles. The number of nitrogens with one attached hydrogen (secondary N) is 1. The average Bonchev–Trinajstić information content (AvgIpc) is 2.74. The lowest BCUT2D eigenvalue weighted by molar-refractivity contribution is 0.219. The molecule has 1 heterocycles. The zero-order chi connectivity index (χ0) is 14.9. The second-order valence-corrected chi connectivity index (χ2v) is 7.06. The van der Waals surface area contributed by atoms with E-state index in [1.54, 1.807) is 0 Å². The van der Waals surface area contributed by atoms with Crippen molar-refractivity contribution in [1.82, 2.24) is 10.2 Å². The first kappa shape index (κ1) is 16.7. The fraction of sp³-hybridized carbons (Fsp3) is 0.647. The van der Waals surface area contributed by atoms with Crippen LogP contribution in [0.4, 0.5) is 0 Å². The molecule has 0 amide bonds. The predicted octanol–water partition coefficient (Wildman–Crippen LogP) is 3.00. The molecule has 21 heavy (non-hydrogen) atoms. The van der Waals surface area contributed by atoms with Gasteiger partial charge in [0.25, 0.3) is 0 Å². The molecule has 118 valence electrons. The fourth-order valence-electron chi connectivity index (χ4n) is 2.38. The van der Waals surface area contributed by atoms with Crippen molar-refractivity contribution in [2.75, 3.05) is 37.7 Å². The minimum atomic E-state index is 0.510. The zero-order valence-corrected chi connectivity index (χ0v) is 14.1. The van der Waals surface area contributed by atoms with Crippen molar-refractivity contribution in [3.05, 3.63) is 29.8 Å². The van der Waals surface area contributed by atoms with Crippen LogP contribution in [0.3, 0.4) is 0 Å². The van der Waals surface area contributed by atoms with Crippen LogP contribution in [0.5, 0.6) is 5.75 Å². The third-order valence-corrected chi connectivity index (χ3v) is 4.65. The molecule has 2 rings (SSSR count). The largest absolute Gasteiger partial charge is 0.492 e. The van der Waals surface area contributed by atoms with E-state index in [-0.39, 0.29) is 0 Å². The Balaban J connectivity index is 1.73. The molecule has 0 unspecified atom stereocenters. The van der Waals surface area contributed by atoms with Crippen molar-refractivity contribution in [3.8, 4) is 5.75 Å². The zero-order valence-electron chi connectivity index (χ0n) is 13.3. The standard InChI is InChI=1S/C17H28N2OS/c1-15(2)18-14-16-5-3-6-17(13-16)20-10-8-19-7-4-11-21-12-9-19/h3,5-6,13,15,18H,4,7-12,14H2,1-2H3. The summed E-state index contributed by atoms with van der Waals surface area (Å²) in [5.74, 6) is 3.56. The van der Waals surface area contributed by atoms with Gasteiger partial charge in [0.2, 0.25) is 0 Å². The molecule has 4 heteroatoms. The number of thioether (sulfide) groups is 1. The van der Waals surface area contributed by atoms with E-state index < -0.39 is 0 Å². The predicted molar refractivity (Wildman–Crippen MR) is 92.3 cm³/mol. The summed E-state index contributed by atoms with van der Waals surface area (Å²) in [6.45, 7) is 9.47. The number of ether oxygens (including phenoxy) is 1. The van der Waals surface area contributed by atoms with E-state index in [1.165, 1.54) is 36.6 Å². The van der Waals surface area contributed by atoms with E-state index in [0.717, 1.165) is 25.4 Å². The van der Waals surface area contributed by atoms with Gasteiger partial charge in [0, 0.05) is 31.4 Å². The van der Waals surface area contributed by atoms with Gasteiger partial charge in [-0.3, -0.25) is 4.90 Å². The van der Waals surface area contributed by atoms with E-state index in [4.69, 9.17) is 4.74 Å². The Bertz CT molecular complexity index is 404. The van der Waals surface area contributed by atoms with Gasteiger partial charge in [0.05, 0.1) is 0 Å². The fourth-order valence-corrected chi connectivity index (χ4v) is 3.31. The maximum atomic E-state index is 5.92. The summed E-state index contributed by atoms with van der Waals surface area (Å²) in [5.41, 5.74) is 1.28. The lowest BCUT2D eigenvalue weighted by Gasteiger charge is -2.19. The molecule has 0 bridgehead atoms. The van der Waals surface area contributed by atoms with Crippen molar-refractivity contribution in [2.45, 2.75) is 32.9 Å². The normalized spacial score (nSPS) is 16.9. The third-order valence-electron chi connectivity index (χ3n) is 3.60. The second-order valence-electron chi connectivity index (χ2n) is 5.84. The van der Waals surface area contributed by atoms with Crippen molar-refractivity contribution < 1.29 is 4.74 Å². The first-order chi connectivity index (χ1) is 10.2. The minimum absolute atomic E-state index is 0.510. The third kappa shape index (κ3) is 6.72. The smallest absolute Gasteiger partial charge is 0.119 e. The number of rotatable bonds is 7. The van der Waals surface area contributed by atoms with Gasteiger partial charge in [-0.25, -0.2) is 0 Å². The van der Waals surface area contributed by atoms with Gasteiger partial charge in [-0.15, -0.1) is 0 Å². The van der Waals surface area contributed by atoms with Gasteiger partial charge in [0.1, 0.15) is 12.4 Å². The molecular formula is C17H28N2OS. The molecule has 1 fully saturated rings. The molecule has 3 nitrogen and oxygen atoms in total.